The lowest BCUT2D eigenvalue weighted by atomic mass is 9.89. The topological polar surface area (TPSA) is 35.5 Å². The van der Waals surface area contributed by atoms with E-state index in [2.05, 4.69) is 24.2 Å². The zero-order valence-electron chi connectivity index (χ0n) is 12.1. The van der Waals surface area contributed by atoms with Gasteiger partial charge in [0.25, 0.3) is 0 Å². The van der Waals surface area contributed by atoms with Crippen LogP contribution in [-0.2, 0) is 0 Å². The van der Waals surface area contributed by atoms with Crippen LogP contribution in [0.25, 0.3) is 0 Å². The Morgan fingerprint density at radius 3 is 2.33 bits per heavy atom. The first kappa shape index (κ1) is 14.3. The molecule has 0 bridgehead atoms. The van der Waals surface area contributed by atoms with Crippen molar-refractivity contribution in [3.05, 3.63) is 0 Å². The third kappa shape index (κ3) is 3.69. The SMILES string of the molecule is CCNC1CCC(N(C)CC2(O)CCCC2)CC1. The second kappa shape index (κ2) is 6.36. The van der Waals surface area contributed by atoms with Gasteiger partial charge in [0.1, 0.15) is 0 Å². The lowest BCUT2D eigenvalue weighted by molar-refractivity contribution is -0.000277. The van der Waals surface area contributed by atoms with Crippen LogP contribution in [0.4, 0.5) is 0 Å². The number of hydrogen-bond donors (Lipinski definition) is 2. The van der Waals surface area contributed by atoms with Crippen LogP contribution in [-0.4, -0.2) is 47.8 Å². The van der Waals surface area contributed by atoms with E-state index in [1.54, 1.807) is 0 Å². The summed E-state index contributed by atoms with van der Waals surface area (Å²) < 4.78 is 0. The lowest BCUT2D eigenvalue weighted by Gasteiger charge is -2.38. The minimum absolute atomic E-state index is 0.382. The van der Waals surface area contributed by atoms with E-state index in [4.69, 9.17) is 0 Å². The van der Waals surface area contributed by atoms with Gasteiger partial charge in [0.15, 0.2) is 0 Å². The monoisotopic (exact) mass is 254 g/mol. The largest absolute Gasteiger partial charge is 0.389 e. The van der Waals surface area contributed by atoms with E-state index in [1.165, 1.54) is 38.5 Å². The highest BCUT2D eigenvalue weighted by molar-refractivity contribution is 4.90. The molecule has 0 atom stereocenters. The van der Waals surface area contributed by atoms with Crippen molar-refractivity contribution in [2.75, 3.05) is 20.1 Å². The molecule has 0 aromatic heterocycles. The molecule has 0 amide bonds. The van der Waals surface area contributed by atoms with Crippen molar-refractivity contribution in [3.63, 3.8) is 0 Å². The highest BCUT2D eigenvalue weighted by atomic mass is 16.3. The molecule has 2 saturated carbocycles. The molecule has 0 radical (unpaired) electrons. The Kier molecular flexibility index (Phi) is 5.05. The zero-order valence-corrected chi connectivity index (χ0v) is 12.1. The maximum atomic E-state index is 10.5. The Morgan fingerprint density at radius 2 is 1.78 bits per heavy atom. The molecule has 2 rings (SSSR count). The number of rotatable bonds is 5. The summed E-state index contributed by atoms with van der Waals surface area (Å²) in [6.07, 6.45) is 9.57. The van der Waals surface area contributed by atoms with Crippen LogP contribution < -0.4 is 5.32 Å². The zero-order chi connectivity index (χ0) is 13.0. The van der Waals surface area contributed by atoms with Gasteiger partial charge >= 0.3 is 0 Å². The molecule has 2 aliphatic rings. The second-order valence-corrected chi connectivity index (χ2v) is 6.41. The Hall–Kier alpha value is -0.120. The first-order valence-corrected chi connectivity index (χ1v) is 7.79. The van der Waals surface area contributed by atoms with Crippen molar-refractivity contribution in [1.82, 2.24) is 10.2 Å². The van der Waals surface area contributed by atoms with Crippen molar-refractivity contribution < 1.29 is 5.11 Å². The predicted octanol–water partition coefficient (Wildman–Crippen LogP) is 2.14. The summed E-state index contributed by atoms with van der Waals surface area (Å²) >= 11 is 0. The molecular formula is C15H30N2O. The van der Waals surface area contributed by atoms with Crippen molar-refractivity contribution in [1.29, 1.82) is 0 Å². The Bertz CT molecular complexity index is 243. The van der Waals surface area contributed by atoms with Gasteiger partial charge in [-0.25, -0.2) is 0 Å². The number of nitrogens with zero attached hydrogens (tertiary/aromatic N) is 1. The normalized spacial score (nSPS) is 32.0. The van der Waals surface area contributed by atoms with E-state index < -0.39 is 0 Å². The third-order valence-electron chi connectivity index (χ3n) is 4.89. The summed E-state index contributed by atoms with van der Waals surface area (Å²) in [5.74, 6) is 0. The van der Waals surface area contributed by atoms with E-state index in [9.17, 15) is 5.11 Å². The number of nitrogens with one attached hydrogen (secondary N) is 1. The maximum absolute atomic E-state index is 10.5. The summed E-state index contributed by atoms with van der Waals surface area (Å²) in [6.45, 7) is 4.16. The molecule has 2 fully saturated rings. The van der Waals surface area contributed by atoms with E-state index >= 15 is 0 Å². The summed E-state index contributed by atoms with van der Waals surface area (Å²) in [6, 6.07) is 1.42. The van der Waals surface area contributed by atoms with Crippen molar-refractivity contribution in [3.8, 4) is 0 Å². The quantitative estimate of drug-likeness (QED) is 0.789. The molecule has 0 unspecified atom stereocenters. The summed E-state index contributed by atoms with van der Waals surface area (Å²) in [5.41, 5.74) is -0.382. The predicted molar refractivity (Wildman–Crippen MR) is 75.8 cm³/mol. The summed E-state index contributed by atoms with van der Waals surface area (Å²) in [5, 5.41) is 14.0. The van der Waals surface area contributed by atoms with Crippen LogP contribution in [0.1, 0.15) is 58.3 Å². The molecule has 2 N–H and O–H groups in total. The van der Waals surface area contributed by atoms with Crippen LogP contribution in [0.15, 0.2) is 0 Å². The molecule has 3 nitrogen and oxygen atoms in total. The molecule has 18 heavy (non-hydrogen) atoms. The van der Waals surface area contributed by atoms with Gasteiger partial charge in [-0.3, -0.25) is 0 Å². The van der Waals surface area contributed by atoms with E-state index in [0.717, 1.165) is 32.0 Å². The fourth-order valence-electron chi connectivity index (χ4n) is 3.79. The third-order valence-corrected chi connectivity index (χ3v) is 4.89. The first-order chi connectivity index (χ1) is 8.63. The minimum atomic E-state index is -0.382. The molecule has 3 heteroatoms. The standard InChI is InChI=1S/C15H30N2O/c1-3-16-13-6-8-14(9-7-13)17(2)12-15(18)10-4-5-11-15/h13-14,16,18H,3-12H2,1-2H3. The second-order valence-electron chi connectivity index (χ2n) is 6.41. The highest BCUT2D eigenvalue weighted by Crippen LogP contribution is 2.32. The maximum Gasteiger partial charge on any atom is 0.0774 e. The van der Waals surface area contributed by atoms with Gasteiger partial charge in [0.05, 0.1) is 5.60 Å². The molecule has 0 saturated heterocycles. The lowest BCUT2D eigenvalue weighted by Crippen LogP contribution is -2.46. The first-order valence-electron chi connectivity index (χ1n) is 7.79. The number of likely N-dealkylation sites (N-methyl/N-ethyl adjacent to an activating group) is 1. The van der Waals surface area contributed by atoms with Crippen molar-refractivity contribution >= 4 is 0 Å². The molecule has 0 aromatic carbocycles. The van der Waals surface area contributed by atoms with Gasteiger partial charge in [0, 0.05) is 18.6 Å². The fraction of sp³-hybridized carbons (Fsp3) is 1.00. The molecule has 0 aromatic rings. The molecule has 106 valence electrons. The van der Waals surface area contributed by atoms with E-state index in [-0.39, 0.29) is 5.60 Å². The molecule has 0 spiro atoms. The van der Waals surface area contributed by atoms with Gasteiger partial charge < -0.3 is 15.3 Å². The average molecular weight is 254 g/mol. The van der Waals surface area contributed by atoms with Crippen LogP contribution in [0.2, 0.25) is 0 Å². The van der Waals surface area contributed by atoms with E-state index in [1.807, 2.05) is 0 Å². The molecule has 2 aliphatic carbocycles. The number of aliphatic hydroxyl groups is 1. The minimum Gasteiger partial charge on any atom is -0.389 e. The Morgan fingerprint density at radius 1 is 1.17 bits per heavy atom. The summed E-state index contributed by atoms with van der Waals surface area (Å²) in [4.78, 5) is 2.42. The smallest absolute Gasteiger partial charge is 0.0774 e. The van der Waals surface area contributed by atoms with Crippen molar-refractivity contribution in [2.45, 2.75) is 76.0 Å². The van der Waals surface area contributed by atoms with Gasteiger partial charge in [-0.1, -0.05) is 19.8 Å². The Balaban J connectivity index is 1.75. The molecular weight excluding hydrogens is 224 g/mol. The number of hydrogen-bond acceptors (Lipinski definition) is 3. The average Bonchev–Trinajstić information content (AvgIpc) is 2.77. The van der Waals surface area contributed by atoms with Crippen LogP contribution >= 0.6 is 0 Å². The van der Waals surface area contributed by atoms with E-state index in [0.29, 0.717) is 6.04 Å². The van der Waals surface area contributed by atoms with Gasteiger partial charge in [-0.05, 0) is 52.1 Å². The molecule has 0 aliphatic heterocycles. The van der Waals surface area contributed by atoms with Crippen LogP contribution in [0.5, 0.6) is 0 Å². The van der Waals surface area contributed by atoms with Crippen molar-refractivity contribution in [2.24, 2.45) is 0 Å². The van der Waals surface area contributed by atoms with Gasteiger partial charge in [0.2, 0.25) is 0 Å². The van der Waals surface area contributed by atoms with Gasteiger partial charge in [-0.15, -0.1) is 0 Å². The molecule has 0 heterocycles. The highest BCUT2D eigenvalue weighted by Gasteiger charge is 2.34. The van der Waals surface area contributed by atoms with Crippen LogP contribution in [0, 0.1) is 0 Å². The van der Waals surface area contributed by atoms with Crippen LogP contribution in [0.3, 0.4) is 0 Å². The fourth-order valence-corrected chi connectivity index (χ4v) is 3.79. The van der Waals surface area contributed by atoms with Gasteiger partial charge in [-0.2, -0.15) is 0 Å². The Labute approximate surface area is 112 Å². The summed E-state index contributed by atoms with van der Waals surface area (Å²) in [7, 11) is 2.20.